The molecule has 0 bridgehead atoms. The van der Waals surface area contributed by atoms with Gasteiger partial charge in [0.1, 0.15) is 0 Å². The Balaban J connectivity index is 2.12. The van der Waals surface area contributed by atoms with Crippen molar-refractivity contribution in [3.05, 3.63) is 59.9 Å². The summed E-state index contributed by atoms with van der Waals surface area (Å²) in [6, 6.07) is 11.3. The Morgan fingerprint density at radius 1 is 1.22 bits per heavy atom. The molecule has 1 heterocycles. The van der Waals surface area contributed by atoms with Crippen LogP contribution < -0.4 is 10.6 Å². The third kappa shape index (κ3) is 2.85. The lowest BCUT2D eigenvalue weighted by atomic mass is 10.1. The Morgan fingerprint density at radius 3 is 2.78 bits per heavy atom. The molecule has 0 saturated carbocycles. The number of anilines is 1. The summed E-state index contributed by atoms with van der Waals surface area (Å²) >= 11 is 0. The lowest BCUT2D eigenvalue weighted by Crippen LogP contribution is -2.19. The maximum Gasteiger partial charge on any atom is 0.253 e. The molecule has 2 rings (SSSR count). The summed E-state index contributed by atoms with van der Waals surface area (Å²) in [5, 5.41) is 5.87. The molecule has 4 nitrogen and oxygen atoms in total. The highest BCUT2D eigenvalue weighted by atomic mass is 16.1. The Kier molecular flexibility index (Phi) is 3.91. The van der Waals surface area contributed by atoms with E-state index in [0.29, 0.717) is 12.1 Å². The Bertz CT molecular complexity index is 526. The average molecular weight is 241 g/mol. The van der Waals surface area contributed by atoms with Gasteiger partial charge in [0, 0.05) is 31.7 Å². The zero-order valence-electron chi connectivity index (χ0n) is 10.2. The molecule has 2 aromatic rings. The molecule has 0 spiro atoms. The summed E-state index contributed by atoms with van der Waals surface area (Å²) in [7, 11) is 1.63. The van der Waals surface area contributed by atoms with E-state index in [2.05, 4.69) is 15.6 Å². The van der Waals surface area contributed by atoms with Gasteiger partial charge >= 0.3 is 0 Å². The van der Waals surface area contributed by atoms with Crippen LogP contribution in [-0.4, -0.2) is 17.9 Å². The zero-order valence-corrected chi connectivity index (χ0v) is 10.2. The van der Waals surface area contributed by atoms with E-state index in [1.807, 2.05) is 30.3 Å². The number of benzene rings is 1. The van der Waals surface area contributed by atoms with Crippen molar-refractivity contribution in [3.63, 3.8) is 0 Å². The number of hydrogen-bond donors (Lipinski definition) is 2. The number of nitrogens with zero attached hydrogens (tertiary/aromatic N) is 1. The van der Waals surface area contributed by atoms with Crippen LogP contribution in [0, 0.1) is 0 Å². The van der Waals surface area contributed by atoms with Gasteiger partial charge in [-0.2, -0.15) is 0 Å². The van der Waals surface area contributed by atoms with Gasteiger partial charge in [0.25, 0.3) is 5.91 Å². The van der Waals surface area contributed by atoms with E-state index in [0.717, 1.165) is 11.3 Å². The fourth-order valence-electron chi connectivity index (χ4n) is 1.67. The van der Waals surface area contributed by atoms with Crippen molar-refractivity contribution >= 4 is 11.6 Å². The number of para-hydroxylation sites is 1. The normalized spacial score (nSPS) is 9.83. The Morgan fingerprint density at radius 2 is 2.06 bits per heavy atom. The van der Waals surface area contributed by atoms with E-state index in [1.165, 1.54) is 0 Å². The van der Waals surface area contributed by atoms with Crippen molar-refractivity contribution in [2.45, 2.75) is 6.54 Å². The maximum absolute atomic E-state index is 11.7. The molecule has 0 saturated heterocycles. The summed E-state index contributed by atoms with van der Waals surface area (Å²) in [5.41, 5.74) is 2.54. The smallest absolute Gasteiger partial charge is 0.253 e. The van der Waals surface area contributed by atoms with E-state index >= 15 is 0 Å². The molecule has 0 atom stereocenters. The van der Waals surface area contributed by atoms with E-state index in [4.69, 9.17) is 0 Å². The van der Waals surface area contributed by atoms with Gasteiger partial charge in [0.2, 0.25) is 0 Å². The molecular weight excluding hydrogens is 226 g/mol. The summed E-state index contributed by atoms with van der Waals surface area (Å²) in [6.45, 7) is 0.641. The van der Waals surface area contributed by atoms with Crippen molar-refractivity contribution in [2.24, 2.45) is 0 Å². The van der Waals surface area contributed by atoms with Crippen molar-refractivity contribution in [2.75, 3.05) is 12.4 Å². The van der Waals surface area contributed by atoms with Gasteiger partial charge in [-0.1, -0.05) is 18.2 Å². The SMILES string of the molecule is CNC(=O)c1ccccc1NCc1cccnc1. The van der Waals surface area contributed by atoms with Crippen LogP contribution in [-0.2, 0) is 6.54 Å². The fraction of sp³-hybridized carbons (Fsp3) is 0.143. The summed E-state index contributed by atoms with van der Waals surface area (Å²) in [5.74, 6) is -0.0933. The number of pyridine rings is 1. The summed E-state index contributed by atoms with van der Waals surface area (Å²) in [6.07, 6.45) is 3.54. The summed E-state index contributed by atoms with van der Waals surface area (Å²) in [4.78, 5) is 15.7. The molecule has 1 amide bonds. The number of carbonyl (C=O) groups excluding carboxylic acids is 1. The largest absolute Gasteiger partial charge is 0.380 e. The van der Waals surface area contributed by atoms with Crippen molar-refractivity contribution in [3.8, 4) is 0 Å². The molecule has 0 fully saturated rings. The highest BCUT2D eigenvalue weighted by Gasteiger charge is 2.08. The molecular formula is C14H15N3O. The number of carbonyl (C=O) groups is 1. The van der Waals surface area contributed by atoms with Gasteiger partial charge < -0.3 is 10.6 Å². The van der Waals surface area contributed by atoms with E-state index in [9.17, 15) is 4.79 Å². The number of amides is 1. The molecule has 0 aliphatic rings. The van der Waals surface area contributed by atoms with Crippen LogP contribution >= 0.6 is 0 Å². The minimum Gasteiger partial charge on any atom is -0.380 e. The molecule has 0 radical (unpaired) electrons. The minimum atomic E-state index is -0.0933. The monoisotopic (exact) mass is 241 g/mol. The van der Waals surface area contributed by atoms with E-state index < -0.39 is 0 Å². The van der Waals surface area contributed by atoms with Crippen LogP contribution in [0.3, 0.4) is 0 Å². The molecule has 18 heavy (non-hydrogen) atoms. The lowest BCUT2D eigenvalue weighted by molar-refractivity contribution is 0.0964. The van der Waals surface area contributed by atoms with Gasteiger partial charge in [-0.3, -0.25) is 9.78 Å². The number of hydrogen-bond acceptors (Lipinski definition) is 3. The minimum absolute atomic E-state index is 0.0933. The highest BCUT2D eigenvalue weighted by Crippen LogP contribution is 2.15. The summed E-state index contributed by atoms with van der Waals surface area (Å²) < 4.78 is 0. The van der Waals surface area contributed by atoms with Crippen LogP contribution in [0.5, 0.6) is 0 Å². The second kappa shape index (κ2) is 5.82. The first-order chi connectivity index (χ1) is 8.81. The topological polar surface area (TPSA) is 54.0 Å². The van der Waals surface area contributed by atoms with Gasteiger partial charge in [0.15, 0.2) is 0 Å². The first-order valence-electron chi connectivity index (χ1n) is 5.75. The second-order valence-corrected chi connectivity index (χ2v) is 3.84. The van der Waals surface area contributed by atoms with Gasteiger partial charge in [0.05, 0.1) is 5.56 Å². The van der Waals surface area contributed by atoms with E-state index in [-0.39, 0.29) is 5.91 Å². The molecule has 0 aliphatic carbocycles. The number of nitrogens with one attached hydrogen (secondary N) is 2. The van der Waals surface area contributed by atoms with Crippen LogP contribution in [0.4, 0.5) is 5.69 Å². The molecule has 2 N–H and O–H groups in total. The molecule has 1 aromatic heterocycles. The standard InChI is InChI=1S/C14H15N3O/c1-15-14(18)12-6-2-3-7-13(12)17-10-11-5-4-8-16-9-11/h2-9,17H,10H2,1H3,(H,15,18). The molecule has 92 valence electrons. The van der Waals surface area contributed by atoms with Crippen molar-refractivity contribution in [1.82, 2.24) is 10.3 Å². The maximum atomic E-state index is 11.7. The van der Waals surface area contributed by atoms with Gasteiger partial charge in [-0.25, -0.2) is 0 Å². The quantitative estimate of drug-likeness (QED) is 0.861. The molecule has 4 heteroatoms. The molecule has 0 aliphatic heterocycles. The van der Waals surface area contributed by atoms with Crippen LogP contribution in [0.15, 0.2) is 48.8 Å². The predicted molar refractivity (Wildman–Crippen MR) is 71.4 cm³/mol. The molecule has 0 unspecified atom stereocenters. The second-order valence-electron chi connectivity index (χ2n) is 3.84. The third-order valence-electron chi connectivity index (χ3n) is 2.60. The van der Waals surface area contributed by atoms with Crippen LogP contribution in [0.1, 0.15) is 15.9 Å². The number of rotatable bonds is 4. The van der Waals surface area contributed by atoms with Gasteiger partial charge in [-0.05, 0) is 23.8 Å². The molecule has 1 aromatic carbocycles. The first kappa shape index (κ1) is 12.1. The average Bonchev–Trinajstić information content (AvgIpc) is 2.45. The van der Waals surface area contributed by atoms with Crippen LogP contribution in [0.2, 0.25) is 0 Å². The van der Waals surface area contributed by atoms with Crippen LogP contribution in [0.25, 0.3) is 0 Å². The Hall–Kier alpha value is -2.36. The zero-order chi connectivity index (χ0) is 12.8. The Labute approximate surface area is 106 Å². The van der Waals surface area contributed by atoms with Gasteiger partial charge in [-0.15, -0.1) is 0 Å². The number of aromatic nitrogens is 1. The fourth-order valence-corrected chi connectivity index (χ4v) is 1.67. The van der Waals surface area contributed by atoms with Crippen molar-refractivity contribution < 1.29 is 4.79 Å². The van der Waals surface area contributed by atoms with E-state index in [1.54, 1.807) is 25.5 Å². The lowest BCUT2D eigenvalue weighted by Gasteiger charge is -2.10. The predicted octanol–water partition coefficient (Wildman–Crippen LogP) is 2.05. The van der Waals surface area contributed by atoms with Crippen molar-refractivity contribution in [1.29, 1.82) is 0 Å². The highest BCUT2D eigenvalue weighted by molar-refractivity contribution is 5.99. The third-order valence-corrected chi connectivity index (χ3v) is 2.60. The first-order valence-corrected chi connectivity index (χ1v) is 5.75.